The lowest BCUT2D eigenvalue weighted by molar-refractivity contribution is -0.00962. The van der Waals surface area contributed by atoms with Gasteiger partial charge in [-0.05, 0) is 25.8 Å². The van der Waals surface area contributed by atoms with E-state index in [9.17, 15) is 0 Å². The molecule has 90 valence electrons. The molecule has 4 heteroatoms. The molecule has 1 fully saturated rings. The Morgan fingerprint density at radius 3 is 3.00 bits per heavy atom. The van der Waals surface area contributed by atoms with Crippen LogP contribution in [0.2, 0.25) is 0 Å². The summed E-state index contributed by atoms with van der Waals surface area (Å²) in [5.41, 5.74) is 1.29. The number of ether oxygens (including phenoxy) is 1. The summed E-state index contributed by atoms with van der Waals surface area (Å²) in [6.45, 7) is 3.93. The van der Waals surface area contributed by atoms with E-state index in [2.05, 4.69) is 23.4 Å². The van der Waals surface area contributed by atoms with Gasteiger partial charge in [0.1, 0.15) is 0 Å². The van der Waals surface area contributed by atoms with Crippen molar-refractivity contribution < 1.29 is 4.74 Å². The summed E-state index contributed by atoms with van der Waals surface area (Å²) in [6.07, 6.45) is 5.73. The molecule has 0 unspecified atom stereocenters. The maximum atomic E-state index is 5.53. The second-order valence-electron chi connectivity index (χ2n) is 4.40. The van der Waals surface area contributed by atoms with Crippen LogP contribution in [0.4, 0.5) is 0 Å². The molecule has 1 aromatic rings. The Morgan fingerprint density at radius 1 is 1.56 bits per heavy atom. The van der Waals surface area contributed by atoms with Gasteiger partial charge in [-0.15, -0.1) is 0 Å². The fraction of sp³-hybridized carbons (Fsp3) is 0.750. The molecular weight excluding hydrogens is 202 g/mol. The summed E-state index contributed by atoms with van der Waals surface area (Å²) in [7, 11) is 1.99. The molecule has 2 rings (SSSR count). The van der Waals surface area contributed by atoms with Crippen molar-refractivity contribution in [3.05, 3.63) is 18.0 Å². The topological polar surface area (TPSA) is 39.1 Å². The molecule has 1 aromatic heterocycles. The van der Waals surface area contributed by atoms with E-state index in [1.807, 2.05) is 17.9 Å². The average molecular weight is 223 g/mol. The fourth-order valence-electron chi connectivity index (χ4n) is 2.15. The molecule has 1 aliphatic rings. The molecule has 0 saturated heterocycles. The van der Waals surface area contributed by atoms with Gasteiger partial charge >= 0.3 is 0 Å². The van der Waals surface area contributed by atoms with Crippen molar-refractivity contribution in [2.75, 3.05) is 13.2 Å². The fourth-order valence-corrected chi connectivity index (χ4v) is 2.15. The summed E-state index contributed by atoms with van der Waals surface area (Å²) in [5, 5.41) is 7.71. The maximum Gasteiger partial charge on any atom is 0.0604 e. The zero-order valence-corrected chi connectivity index (χ0v) is 10.1. The quantitative estimate of drug-likeness (QED) is 0.785. The van der Waals surface area contributed by atoms with Crippen LogP contribution in [0.25, 0.3) is 0 Å². The molecule has 1 saturated carbocycles. The summed E-state index contributed by atoms with van der Waals surface area (Å²) in [5.74, 6) is 0. The van der Waals surface area contributed by atoms with E-state index in [1.165, 1.54) is 18.5 Å². The van der Waals surface area contributed by atoms with Gasteiger partial charge in [-0.3, -0.25) is 4.68 Å². The van der Waals surface area contributed by atoms with Crippen molar-refractivity contribution >= 4 is 0 Å². The number of aryl methyl sites for hydroxylation is 1. The Kier molecular flexibility index (Phi) is 3.96. The van der Waals surface area contributed by atoms with E-state index in [-0.39, 0.29) is 0 Å². The van der Waals surface area contributed by atoms with Crippen molar-refractivity contribution in [2.45, 2.75) is 38.3 Å². The molecular formula is C12H21N3O. The van der Waals surface area contributed by atoms with Gasteiger partial charge in [0.15, 0.2) is 0 Å². The predicted octanol–water partition coefficient (Wildman–Crippen LogP) is 1.12. The van der Waals surface area contributed by atoms with Crippen LogP contribution in [-0.2, 0) is 18.2 Å². The number of hydrogen-bond acceptors (Lipinski definition) is 3. The molecule has 1 heterocycles. The Hall–Kier alpha value is -0.870. The van der Waals surface area contributed by atoms with Gasteiger partial charge in [-0.2, -0.15) is 5.10 Å². The number of hydrogen-bond donors (Lipinski definition) is 1. The van der Waals surface area contributed by atoms with Crippen LogP contribution in [0, 0.1) is 0 Å². The van der Waals surface area contributed by atoms with Crippen molar-refractivity contribution in [2.24, 2.45) is 7.05 Å². The summed E-state index contributed by atoms with van der Waals surface area (Å²) >= 11 is 0. The van der Waals surface area contributed by atoms with E-state index in [0.29, 0.717) is 12.1 Å². The molecule has 1 aliphatic carbocycles. The predicted molar refractivity (Wildman–Crippen MR) is 63.4 cm³/mol. The molecule has 0 atom stereocenters. The molecule has 0 aliphatic heterocycles. The van der Waals surface area contributed by atoms with Gasteiger partial charge in [0, 0.05) is 44.6 Å². The largest absolute Gasteiger partial charge is 0.378 e. The third kappa shape index (κ3) is 2.83. The van der Waals surface area contributed by atoms with Gasteiger partial charge in [-0.25, -0.2) is 0 Å². The number of aromatic nitrogens is 2. The van der Waals surface area contributed by atoms with Crippen LogP contribution >= 0.6 is 0 Å². The highest BCUT2D eigenvalue weighted by molar-refractivity contribution is 5.00. The van der Waals surface area contributed by atoms with E-state index in [1.54, 1.807) is 0 Å². The van der Waals surface area contributed by atoms with E-state index < -0.39 is 0 Å². The zero-order valence-electron chi connectivity index (χ0n) is 10.1. The highest BCUT2D eigenvalue weighted by atomic mass is 16.5. The summed E-state index contributed by atoms with van der Waals surface area (Å²) < 4.78 is 7.46. The first-order valence-electron chi connectivity index (χ1n) is 6.11. The van der Waals surface area contributed by atoms with Gasteiger partial charge < -0.3 is 10.1 Å². The van der Waals surface area contributed by atoms with Crippen LogP contribution in [0.5, 0.6) is 0 Å². The zero-order chi connectivity index (χ0) is 11.4. The lowest BCUT2D eigenvalue weighted by atomic mass is 9.89. The molecule has 0 radical (unpaired) electrons. The first-order valence-corrected chi connectivity index (χ1v) is 6.11. The molecule has 1 N–H and O–H groups in total. The summed E-state index contributed by atoms with van der Waals surface area (Å²) in [4.78, 5) is 0. The van der Waals surface area contributed by atoms with Crippen LogP contribution in [0.3, 0.4) is 0 Å². The highest BCUT2D eigenvalue weighted by Crippen LogP contribution is 2.22. The van der Waals surface area contributed by atoms with Crippen LogP contribution in [0.1, 0.15) is 25.5 Å². The average Bonchev–Trinajstić information content (AvgIpc) is 2.60. The van der Waals surface area contributed by atoms with Crippen LogP contribution in [-0.4, -0.2) is 35.1 Å². The second kappa shape index (κ2) is 5.46. The lowest BCUT2D eigenvalue weighted by Crippen LogP contribution is -2.46. The standard InChI is InChI=1S/C12H21N3O/c1-3-16-12-8-10(9-12)13-6-4-11-5-7-14-15(11)2/h5,7,10,12-13H,3-4,6,8-9H2,1-2H3. The first-order chi connectivity index (χ1) is 7.79. The second-order valence-corrected chi connectivity index (χ2v) is 4.40. The SMILES string of the molecule is CCOC1CC(NCCc2ccnn2C)C1. The van der Waals surface area contributed by atoms with Crippen molar-refractivity contribution in [1.82, 2.24) is 15.1 Å². The van der Waals surface area contributed by atoms with E-state index in [0.717, 1.165) is 19.6 Å². The van der Waals surface area contributed by atoms with Gasteiger partial charge in [0.25, 0.3) is 0 Å². The minimum atomic E-state index is 0.499. The van der Waals surface area contributed by atoms with Crippen molar-refractivity contribution in [3.8, 4) is 0 Å². The van der Waals surface area contributed by atoms with Crippen LogP contribution < -0.4 is 5.32 Å². The number of nitrogens with zero attached hydrogens (tertiary/aromatic N) is 2. The molecule has 4 nitrogen and oxygen atoms in total. The van der Waals surface area contributed by atoms with Gasteiger partial charge in [0.05, 0.1) is 6.10 Å². The molecule has 0 bridgehead atoms. The van der Waals surface area contributed by atoms with E-state index in [4.69, 9.17) is 4.74 Å². The van der Waals surface area contributed by atoms with Crippen molar-refractivity contribution in [3.63, 3.8) is 0 Å². The third-order valence-corrected chi connectivity index (χ3v) is 3.23. The lowest BCUT2D eigenvalue weighted by Gasteiger charge is -2.35. The Labute approximate surface area is 97.0 Å². The van der Waals surface area contributed by atoms with Crippen LogP contribution in [0.15, 0.2) is 12.3 Å². The summed E-state index contributed by atoms with van der Waals surface area (Å²) in [6, 6.07) is 2.73. The van der Waals surface area contributed by atoms with Crippen molar-refractivity contribution in [1.29, 1.82) is 0 Å². The molecule has 0 aromatic carbocycles. The third-order valence-electron chi connectivity index (χ3n) is 3.23. The van der Waals surface area contributed by atoms with Gasteiger partial charge in [0.2, 0.25) is 0 Å². The Morgan fingerprint density at radius 2 is 2.38 bits per heavy atom. The molecule has 0 amide bonds. The Balaban J connectivity index is 1.58. The minimum Gasteiger partial charge on any atom is -0.378 e. The smallest absolute Gasteiger partial charge is 0.0604 e. The monoisotopic (exact) mass is 223 g/mol. The van der Waals surface area contributed by atoms with Gasteiger partial charge in [-0.1, -0.05) is 0 Å². The molecule has 16 heavy (non-hydrogen) atoms. The Bertz CT molecular complexity index is 318. The minimum absolute atomic E-state index is 0.499. The first kappa shape index (κ1) is 11.6. The number of rotatable bonds is 6. The van der Waals surface area contributed by atoms with E-state index >= 15 is 0 Å². The maximum absolute atomic E-state index is 5.53. The molecule has 0 spiro atoms. The normalized spacial score (nSPS) is 24.4. The highest BCUT2D eigenvalue weighted by Gasteiger charge is 2.28. The number of nitrogens with one attached hydrogen (secondary N) is 1.